The second-order valence-electron chi connectivity index (χ2n) is 4.20. The molecule has 2 heteroatoms. The number of hydrogen-bond acceptors (Lipinski definition) is 2. The van der Waals surface area contributed by atoms with Crippen molar-refractivity contribution >= 4 is 0 Å². The van der Waals surface area contributed by atoms with Gasteiger partial charge in [-0.05, 0) is 27.7 Å². The van der Waals surface area contributed by atoms with Gasteiger partial charge in [-0.3, -0.25) is 4.90 Å². The second-order valence-corrected chi connectivity index (χ2v) is 4.20. The molecule has 1 fully saturated rings. The summed E-state index contributed by atoms with van der Waals surface area (Å²) in [5, 5.41) is 3.52. The molecule has 80 valence electrons. The van der Waals surface area contributed by atoms with Crippen LogP contribution in [-0.4, -0.2) is 36.1 Å². The molecule has 0 spiro atoms. The van der Waals surface area contributed by atoms with E-state index in [1.807, 2.05) is 6.92 Å². The van der Waals surface area contributed by atoms with Crippen LogP contribution in [0.2, 0.25) is 0 Å². The summed E-state index contributed by atoms with van der Waals surface area (Å²) in [5.74, 6) is 6.10. The molecule has 0 bridgehead atoms. The van der Waals surface area contributed by atoms with Gasteiger partial charge in [0.1, 0.15) is 0 Å². The smallest absolute Gasteiger partial charge is 0.0222 e. The van der Waals surface area contributed by atoms with E-state index in [0.29, 0.717) is 18.1 Å². The van der Waals surface area contributed by atoms with E-state index in [1.165, 1.54) is 0 Å². The lowest BCUT2D eigenvalue weighted by Crippen LogP contribution is -2.59. The molecule has 0 aromatic carbocycles. The number of hydrogen-bond donors (Lipinski definition) is 1. The molecule has 3 unspecified atom stereocenters. The summed E-state index contributed by atoms with van der Waals surface area (Å²) < 4.78 is 0. The Kier molecular flexibility index (Phi) is 4.44. The second kappa shape index (κ2) is 5.38. The van der Waals surface area contributed by atoms with Gasteiger partial charge in [-0.25, -0.2) is 0 Å². The minimum Gasteiger partial charge on any atom is -0.311 e. The Morgan fingerprint density at radius 2 is 2.07 bits per heavy atom. The first kappa shape index (κ1) is 11.6. The van der Waals surface area contributed by atoms with Crippen molar-refractivity contribution in [2.24, 2.45) is 0 Å². The van der Waals surface area contributed by atoms with Gasteiger partial charge in [0, 0.05) is 37.6 Å². The molecule has 1 heterocycles. The lowest BCUT2D eigenvalue weighted by Gasteiger charge is -2.43. The summed E-state index contributed by atoms with van der Waals surface area (Å²) in [5.41, 5.74) is 0. The maximum atomic E-state index is 3.52. The standard InChI is InChI=1S/C12H22N2/c1-5-6-7-8-14-10(2)9-13-11(3)12(14)4/h10-13H,7-9H2,1-4H3. The number of rotatable bonds is 2. The highest BCUT2D eigenvalue weighted by molar-refractivity contribution is 4.97. The molecule has 0 aromatic rings. The normalized spacial score (nSPS) is 33.6. The molecular formula is C12H22N2. The van der Waals surface area contributed by atoms with Gasteiger partial charge in [0.25, 0.3) is 0 Å². The van der Waals surface area contributed by atoms with E-state index in [1.54, 1.807) is 0 Å². The van der Waals surface area contributed by atoms with Crippen LogP contribution >= 0.6 is 0 Å². The van der Waals surface area contributed by atoms with E-state index in [0.717, 1.165) is 19.5 Å². The lowest BCUT2D eigenvalue weighted by molar-refractivity contribution is 0.0901. The van der Waals surface area contributed by atoms with Crippen molar-refractivity contribution in [1.82, 2.24) is 10.2 Å². The van der Waals surface area contributed by atoms with Crippen LogP contribution in [-0.2, 0) is 0 Å². The van der Waals surface area contributed by atoms with Gasteiger partial charge < -0.3 is 5.32 Å². The Balaban J connectivity index is 2.48. The molecule has 0 amide bonds. The SMILES string of the molecule is CC#CCCN1C(C)CNC(C)C1C. The molecule has 1 N–H and O–H groups in total. The van der Waals surface area contributed by atoms with E-state index < -0.39 is 0 Å². The van der Waals surface area contributed by atoms with Gasteiger partial charge >= 0.3 is 0 Å². The van der Waals surface area contributed by atoms with Crippen LogP contribution in [0.25, 0.3) is 0 Å². The van der Waals surface area contributed by atoms with Gasteiger partial charge in [0.15, 0.2) is 0 Å². The van der Waals surface area contributed by atoms with Crippen molar-refractivity contribution in [2.45, 2.75) is 52.2 Å². The third kappa shape index (κ3) is 2.73. The monoisotopic (exact) mass is 194 g/mol. The Labute approximate surface area is 88.1 Å². The first-order valence-electron chi connectivity index (χ1n) is 5.55. The third-order valence-electron chi connectivity index (χ3n) is 3.22. The molecule has 0 saturated carbocycles. The van der Waals surface area contributed by atoms with Crippen molar-refractivity contribution in [3.8, 4) is 11.8 Å². The molecule has 0 aliphatic carbocycles. The van der Waals surface area contributed by atoms with Gasteiger partial charge in [-0.15, -0.1) is 11.8 Å². The minimum atomic E-state index is 0.598. The first-order valence-corrected chi connectivity index (χ1v) is 5.55. The molecule has 0 aromatic heterocycles. The van der Waals surface area contributed by atoms with Crippen molar-refractivity contribution in [3.05, 3.63) is 0 Å². The summed E-state index contributed by atoms with van der Waals surface area (Å²) in [6, 6.07) is 1.86. The molecule has 3 atom stereocenters. The first-order chi connectivity index (χ1) is 6.66. The number of piperazine rings is 1. The van der Waals surface area contributed by atoms with Crippen LogP contribution < -0.4 is 5.32 Å². The van der Waals surface area contributed by atoms with Crippen molar-refractivity contribution in [2.75, 3.05) is 13.1 Å². The summed E-state index contributed by atoms with van der Waals surface area (Å²) in [6.07, 6.45) is 0.998. The Bertz CT molecular complexity index is 226. The molecule has 0 radical (unpaired) electrons. The summed E-state index contributed by atoms with van der Waals surface area (Å²) >= 11 is 0. The van der Waals surface area contributed by atoms with Gasteiger partial charge in [0.05, 0.1) is 0 Å². The Morgan fingerprint density at radius 1 is 1.36 bits per heavy atom. The van der Waals surface area contributed by atoms with Crippen LogP contribution in [0, 0.1) is 11.8 Å². The Morgan fingerprint density at radius 3 is 2.71 bits per heavy atom. The molecule has 14 heavy (non-hydrogen) atoms. The maximum absolute atomic E-state index is 3.52. The molecule has 2 nitrogen and oxygen atoms in total. The molecule has 1 aliphatic rings. The fourth-order valence-electron chi connectivity index (χ4n) is 2.07. The quantitative estimate of drug-likeness (QED) is 0.670. The largest absolute Gasteiger partial charge is 0.311 e. The highest BCUT2D eigenvalue weighted by Gasteiger charge is 2.28. The van der Waals surface area contributed by atoms with Crippen LogP contribution in [0.1, 0.15) is 34.1 Å². The summed E-state index contributed by atoms with van der Waals surface area (Å²) in [6.45, 7) is 11.0. The summed E-state index contributed by atoms with van der Waals surface area (Å²) in [7, 11) is 0. The zero-order valence-electron chi connectivity index (χ0n) is 9.80. The third-order valence-corrected chi connectivity index (χ3v) is 3.22. The average Bonchev–Trinajstić information content (AvgIpc) is 2.18. The fourth-order valence-corrected chi connectivity index (χ4v) is 2.07. The average molecular weight is 194 g/mol. The Hall–Kier alpha value is -0.520. The van der Waals surface area contributed by atoms with Crippen LogP contribution in [0.15, 0.2) is 0 Å². The lowest BCUT2D eigenvalue weighted by atomic mass is 10.0. The van der Waals surface area contributed by atoms with Crippen molar-refractivity contribution < 1.29 is 0 Å². The van der Waals surface area contributed by atoms with E-state index in [-0.39, 0.29) is 0 Å². The predicted octanol–water partition coefficient (Wildman–Crippen LogP) is 1.47. The minimum absolute atomic E-state index is 0.598. The van der Waals surface area contributed by atoms with E-state index in [9.17, 15) is 0 Å². The van der Waals surface area contributed by atoms with Gasteiger partial charge in [-0.2, -0.15) is 0 Å². The van der Waals surface area contributed by atoms with Crippen LogP contribution in [0.3, 0.4) is 0 Å². The van der Waals surface area contributed by atoms with Crippen molar-refractivity contribution in [1.29, 1.82) is 0 Å². The maximum Gasteiger partial charge on any atom is 0.0222 e. The zero-order chi connectivity index (χ0) is 10.6. The fraction of sp³-hybridized carbons (Fsp3) is 0.833. The van der Waals surface area contributed by atoms with Crippen molar-refractivity contribution in [3.63, 3.8) is 0 Å². The highest BCUT2D eigenvalue weighted by atomic mass is 15.3. The van der Waals surface area contributed by atoms with Crippen LogP contribution in [0.4, 0.5) is 0 Å². The molecular weight excluding hydrogens is 172 g/mol. The summed E-state index contributed by atoms with van der Waals surface area (Å²) in [4.78, 5) is 2.56. The van der Waals surface area contributed by atoms with E-state index in [4.69, 9.17) is 0 Å². The molecule has 1 saturated heterocycles. The van der Waals surface area contributed by atoms with Gasteiger partial charge in [0.2, 0.25) is 0 Å². The molecule has 1 rings (SSSR count). The topological polar surface area (TPSA) is 15.3 Å². The number of nitrogens with one attached hydrogen (secondary N) is 1. The number of nitrogens with zero attached hydrogens (tertiary/aromatic N) is 1. The van der Waals surface area contributed by atoms with Gasteiger partial charge in [-0.1, -0.05) is 0 Å². The zero-order valence-corrected chi connectivity index (χ0v) is 9.80. The van der Waals surface area contributed by atoms with E-state index in [2.05, 4.69) is 42.8 Å². The molecule has 1 aliphatic heterocycles. The predicted molar refractivity (Wildman–Crippen MR) is 61.2 cm³/mol. The van der Waals surface area contributed by atoms with E-state index >= 15 is 0 Å². The van der Waals surface area contributed by atoms with Crippen LogP contribution in [0.5, 0.6) is 0 Å². The highest BCUT2D eigenvalue weighted by Crippen LogP contribution is 2.14.